The van der Waals surface area contributed by atoms with Crippen molar-refractivity contribution in [3.05, 3.63) is 59.7 Å². The van der Waals surface area contributed by atoms with E-state index in [0.29, 0.717) is 0 Å². The van der Waals surface area contributed by atoms with Crippen molar-refractivity contribution in [2.45, 2.75) is 25.3 Å². The van der Waals surface area contributed by atoms with E-state index in [2.05, 4.69) is 22.8 Å². The highest BCUT2D eigenvalue weighted by atomic mass is 16.5. The largest absolute Gasteiger partial charge is 0.480 e. The molecule has 7 heteroatoms. The van der Waals surface area contributed by atoms with Crippen LogP contribution >= 0.6 is 0 Å². The Kier molecular flexibility index (Phi) is 5.93. The van der Waals surface area contributed by atoms with Gasteiger partial charge in [0, 0.05) is 18.9 Å². The summed E-state index contributed by atoms with van der Waals surface area (Å²) in [4.78, 5) is 34.3. The quantitative estimate of drug-likeness (QED) is 0.682. The second-order valence-electron chi connectivity index (χ2n) is 6.63. The van der Waals surface area contributed by atoms with Crippen LogP contribution in [0.1, 0.15) is 30.4 Å². The molecule has 2 aromatic carbocycles. The molecule has 28 heavy (non-hydrogen) atoms. The normalized spacial score (nSPS) is 13.2. The zero-order chi connectivity index (χ0) is 20.1. The average molecular weight is 382 g/mol. The van der Waals surface area contributed by atoms with E-state index < -0.39 is 24.0 Å². The second-order valence-corrected chi connectivity index (χ2v) is 6.63. The summed E-state index contributed by atoms with van der Waals surface area (Å²) in [5, 5.41) is 13.6. The lowest BCUT2D eigenvalue weighted by atomic mass is 9.98. The van der Waals surface area contributed by atoms with Crippen LogP contribution in [0.3, 0.4) is 0 Å². The number of fused-ring (bicyclic) bond motifs is 3. The third kappa shape index (κ3) is 4.31. The van der Waals surface area contributed by atoms with Crippen LogP contribution in [0.5, 0.6) is 0 Å². The van der Waals surface area contributed by atoms with Crippen LogP contribution in [-0.2, 0) is 14.3 Å². The SMILES string of the molecule is C[C@H](NC(=O)CCNC(=O)OCC1c2ccccc2-c2ccccc21)C(=O)O. The van der Waals surface area contributed by atoms with Gasteiger partial charge in [0.15, 0.2) is 0 Å². The minimum absolute atomic E-state index is 0.0260. The highest BCUT2D eigenvalue weighted by Gasteiger charge is 2.28. The number of hydrogen-bond donors (Lipinski definition) is 3. The van der Waals surface area contributed by atoms with Crippen molar-refractivity contribution in [3.8, 4) is 11.1 Å². The second kappa shape index (κ2) is 8.56. The predicted molar refractivity (Wildman–Crippen MR) is 103 cm³/mol. The molecule has 1 aliphatic rings. The minimum atomic E-state index is -1.11. The number of hydrogen-bond acceptors (Lipinski definition) is 4. The highest BCUT2D eigenvalue weighted by molar-refractivity contribution is 5.83. The maximum atomic E-state index is 12.0. The Morgan fingerprint density at radius 3 is 2.18 bits per heavy atom. The van der Waals surface area contributed by atoms with E-state index in [1.807, 2.05) is 36.4 Å². The van der Waals surface area contributed by atoms with Crippen molar-refractivity contribution < 1.29 is 24.2 Å². The summed E-state index contributed by atoms with van der Waals surface area (Å²) < 4.78 is 5.36. The molecule has 7 nitrogen and oxygen atoms in total. The Hall–Kier alpha value is -3.35. The first kappa shape index (κ1) is 19.4. The van der Waals surface area contributed by atoms with Gasteiger partial charge in [0.05, 0.1) is 0 Å². The zero-order valence-corrected chi connectivity index (χ0v) is 15.5. The molecule has 0 bridgehead atoms. The van der Waals surface area contributed by atoms with Crippen molar-refractivity contribution in [1.29, 1.82) is 0 Å². The van der Waals surface area contributed by atoms with Gasteiger partial charge in [-0.15, -0.1) is 0 Å². The monoisotopic (exact) mass is 382 g/mol. The Labute approximate surface area is 162 Å². The molecule has 3 rings (SSSR count). The highest BCUT2D eigenvalue weighted by Crippen LogP contribution is 2.44. The van der Waals surface area contributed by atoms with Gasteiger partial charge in [0.25, 0.3) is 0 Å². The Balaban J connectivity index is 1.50. The minimum Gasteiger partial charge on any atom is -0.480 e. The van der Waals surface area contributed by atoms with Gasteiger partial charge >= 0.3 is 12.1 Å². The van der Waals surface area contributed by atoms with Gasteiger partial charge in [-0.25, -0.2) is 4.79 Å². The number of carboxylic acid groups (broad SMARTS) is 1. The third-order valence-corrected chi connectivity index (χ3v) is 4.71. The Morgan fingerprint density at radius 1 is 1.04 bits per heavy atom. The van der Waals surface area contributed by atoms with E-state index in [4.69, 9.17) is 9.84 Å². The van der Waals surface area contributed by atoms with E-state index >= 15 is 0 Å². The Morgan fingerprint density at radius 2 is 1.61 bits per heavy atom. The molecule has 0 saturated heterocycles. The number of nitrogens with one attached hydrogen (secondary N) is 2. The molecule has 0 unspecified atom stereocenters. The summed E-state index contributed by atoms with van der Waals surface area (Å²) in [6.45, 7) is 1.64. The first-order valence-electron chi connectivity index (χ1n) is 9.08. The fourth-order valence-electron chi connectivity index (χ4n) is 3.30. The fourth-order valence-corrected chi connectivity index (χ4v) is 3.30. The molecule has 0 fully saturated rings. The van der Waals surface area contributed by atoms with E-state index in [0.717, 1.165) is 22.3 Å². The molecule has 0 radical (unpaired) electrons. The first-order valence-corrected chi connectivity index (χ1v) is 9.08. The molecule has 2 amide bonds. The molecule has 146 valence electrons. The van der Waals surface area contributed by atoms with Crippen LogP contribution in [-0.4, -0.2) is 42.3 Å². The van der Waals surface area contributed by atoms with Crippen LogP contribution in [0.15, 0.2) is 48.5 Å². The van der Waals surface area contributed by atoms with Gasteiger partial charge < -0.3 is 20.5 Å². The van der Waals surface area contributed by atoms with Crippen LogP contribution in [0.2, 0.25) is 0 Å². The predicted octanol–water partition coefficient (Wildman–Crippen LogP) is 2.50. The summed E-state index contributed by atoms with van der Waals surface area (Å²) >= 11 is 0. The number of benzene rings is 2. The Bertz CT molecular complexity index is 850. The summed E-state index contributed by atoms with van der Waals surface area (Å²) in [6.07, 6.45) is -0.636. The number of carbonyl (C=O) groups excluding carboxylic acids is 2. The molecule has 1 atom stereocenters. The van der Waals surface area contributed by atoms with Gasteiger partial charge in [-0.3, -0.25) is 9.59 Å². The number of alkyl carbamates (subject to hydrolysis) is 1. The number of aliphatic carboxylic acids is 1. The molecular weight excluding hydrogens is 360 g/mol. The summed E-state index contributed by atoms with van der Waals surface area (Å²) in [7, 11) is 0. The maximum absolute atomic E-state index is 12.0. The summed E-state index contributed by atoms with van der Waals surface area (Å²) in [5.41, 5.74) is 4.55. The summed E-state index contributed by atoms with van der Waals surface area (Å²) in [5.74, 6) is -1.59. The van der Waals surface area contributed by atoms with Crippen LogP contribution in [0, 0.1) is 0 Å². The molecule has 0 saturated carbocycles. The van der Waals surface area contributed by atoms with Crippen molar-refractivity contribution in [2.24, 2.45) is 0 Å². The average Bonchev–Trinajstić information content (AvgIpc) is 3.00. The number of rotatable bonds is 7. The van der Waals surface area contributed by atoms with Crippen molar-refractivity contribution in [2.75, 3.05) is 13.2 Å². The number of ether oxygens (including phenoxy) is 1. The van der Waals surface area contributed by atoms with E-state index in [9.17, 15) is 14.4 Å². The van der Waals surface area contributed by atoms with E-state index in [1.54, 1.807) is 0 Å². The van der Waals surface area contributed by atoms with Gasteiger partial charge in [0.2, 0.25) is 5.91 Å². The smallest absolute Gasteiger partial charge is 0.407 e. The lowest BCUT2D eigenvalue weighted by Gasteiger charge is -2.14. The maximum Gasteiger partial charge on any atom is 0.407 e. The molecule has 0 aliphatic heterocycles. The van der Waals surface area contributed by atoms with Crippen molar-refractivity contribution in [3.63, 3.8) is 0 Å². The van der Waals surface area contributed by atoms with Gasteiger partial charge in [-0.1, -0.05) is 48.5 Å². The molecule has 3 N–H and O–H groups in total. The molecule has 0 aromatic heterocycles. The lowest BCUT2D eigenvalue weighted by Crippen LogP contribution is -2.40. The zero-order valence-electron chi connectivity index (χ0n) is 15.5. The van der Waals surface area contributed by atoms with E-state index in [1.165, 1.54) is 6.92 Å². The molecule has 0 heterocycles. The molecule has 2 aromatic rings. The standard InChI is InChI=1S/C21H22N2O5/c1-13(20(25)26)23-19(24)10-11-22-21(27)28-12-18-16-8-4-2-6-14(16)15-7-3-5-9-17(15)18/h2-9,13,18H,10-12H2,1H3,(H,22,27)(H,23,24)(H,25,26)/t13-/m0/s1. The topological polar surface area (TPSA) is 105 Å². The van der Waals surface area contributed by atoms with Gasteiger partial charge in [-0.2, -0.15) is 0 Å². The molecule has 0 spiro atoms. The van der Waals surface area contributed by atoms with Crippen molar-refractivity contribution in [1.82, 2.24) is 10.6 Å². The number of carbonyl (C=O) groups is 3. The lowest BCUT2D eigenvalue weighted by molar-refractivity contribution is -0.141. The third-order valence-electron chi connectivity index (χ3n) is 4.71. The first-order chi connectivity index (χ1) is 13.5. The molecular formula is C21H22N2O5. The number of amides is 2. The number of carboxylic acids is 1. The van der Waals surface area contributed by atoms with Crippen LogP contribution in [0.4, 0.5) is 4.79 Å². The van der Waals surface area contributed by atoms with E-state index in [-0.39, 0.29) is 25.5 Å². The van der Waals surface area contributed by atoms with Gasteiger partial charge in [-0.05, 0) is 29.2 Å². The van der Waals surface area contributed by atoms with Crippen molar-refractivity contribution >= 4 is 18.0 Å². The van der Waals surface area contributed by atoms with Crippen LogP contribution < -0.4 is 10.6 Å². The molecule has 1 aliphatic carbocycles. The summed E-state index contributed by atoms with van der Waals surface area (Å²) in [6, 6.07) is 15.1. The van der Waals surface area contributed by atoms with Crippen LogP contribution in [0.25, 0.3) is 11.1 Å². The van der Waals surface area contributed by atoms with Gasteiger partial charge in [0.1, 0.15) is 12.6 Å². The fraction of sp³-hybridized carbons (Fsp3) is 0.286.